The molecule has 3 nitrogen and oxygen atoms in total. The van der Waals surface area contributed by atoms with Gasteiger partial charge < -0.3 is 15.5 Å². The molecule has 2 aromatic carbocycles. The van der Waals surface area contributed by atoms with Crippen LogP contribution in [0, 0.1) is 13.8 Å². The first-order valence-corrected chi connectivity index (χ1v) is 9.55. The second-order valence-corrected chi connectivity index (χ2v) is 7.42. The Balaban J connectivity index is 1.57. The van der Waals surface area contributed by atoms with Crippen LogP contribution in [0.3, 0.4) is 0 Å². The molecule has 1 saturated heterocycles. The van der Waals surface area contributed by atoms with E-state index >= 15 is 0 Å². The molecule has 2 aromatic rings. The van der Waals surface area contributed by atoms with Crippen molar-refractivity contribution in [1.29, 1.82) is 0 Å². The van der Waals surface area contributed by atoms with Crippen molar-refractivity contribution in [3.63, 3.8) is 0 Å². The molecule has 0 saturated carbocycles. The highest BCUT2D eigenvalue weighted by molar-refractivity contribution is 7.80. The van der Waals surface area contributed by atoms with Crippen LogP contribution in [0.15, 0.2) is 42.5 Å². The molecule has 1 fully saturated rings. The van der Waals surface area contributed by atoms with Gasteiger partial charge in [0.05, 0.1) is 13.1 Å². The lowest BCUT2D eigenvalue weighted by molar-refractivity contribution is -0.901. The summed E-state index contributed by atoms with van der Waals surface area (Å²) in [6.07, 6.45) is 2.72. The maximum Gasteiger partial charge on any atom is 0.171 e. The average Bonchev–Trinajstić information content (AvgIpc) is 3.10. The van der Waals surface area contributed by atoms with Crippen LogP contribution in [0.4, 0.5) is 5.69 Å². The molecular weight excluding hydrogens is 326 g/mol. The molecule has 25 heavy (non-hydrogen) atoms. The van der Waals surface area contributed by atoms with Crippen molar-refractivity contribution < 1.29 is 4.90 Å². The Morgan fingerprint density at radius 2 is 1.72 bits per heavy atom. The molecular formula is C21H28N3S+. The van der Waals surface area contributed by atoms with Crippen LogP contribution < -0.4 is 15.5 Å². The number of nitrogens with one attached hydrogen (secondary N) is 3. The third kappa shape index (κ3) is 5.03. The van der Waals surface area contributed by atoms with Gasteiger partial charge in [0.25, 0.3) is 0 Å². The smallest absolute Gasteiger partial charge is 0.171 e. The molecule has 0 aromatic heterocycles. The number of thiocarbonyl (C=S) groups is 1. The zero-order valence-corrected chi connectivity index (χ0v) is 16.0. The molecule has 0 bridgehead atoms. The van der Waals surface area contributed by atoms with E-state index < -0.39 is 0 Å². The number of likely N-dealkylation sites (tertiary alicyclic amines) is 1. The molecule has 0 aliphatic carbocycles. The number of hydrogen-bond donors (Lipinski definition) is 3. The fourth-order valence-electron chi connectivity index (χ4n) is 3.39. The number of rotatable bonds is 5. The normalized spacial score (nSPS) is 14.5. The van der Waals surface area contributed by atoms with Crippen LogP contribution in [0.2, 0.25) is 0 Å². The maximum atomic E-state index is 5.47. The highest BCUT2D eigenvalue weighted by Crippen LogP contribution is 2.14. The predicted molar refractivity (Wildman–Crippen MR) is 109 cm³/mol. The van der Waals surface area contributed by atoms with Crippen LogP contribution >= 0.6 is 12.2 Å². The van der Waals surface area contributed by atoms with Gasteiger partial charge in [0.2, 0.25) is 0 Å². The molecule has 0 unspecified atom stereocenters. The fourth-order valence-corrected chi connectivity index (χ4v) is 3.58. The van der Waals surface area contributed by atoms with Gasteiger partial charge in [-0.05, 0) is 54.9 Å². The highest BCUT2D eigenvalue weighted by Gasteiger charge is 2.17. The van der Waals surface area contributed by atoms with Crippen molar-refractivity contribution in [1.82, 2.24) is 5.32 Å². The molecule has 0 radical (unpaired) electrons. The lowest BCUT2D eigenvalue weighted by Gasteiger charge is -2.16. The minimum Gasteiger partial charge on any atom is -0.358 e. The molecule has 1 aliphatic rings. The van der Waals surface area contributed by atoms with Gasteiger partial charge in [0, 0.05) is 30.6 Å². The molecule has 3 N–H and O–H groups in total. The second kappa shape index (κ2) is 8.45. The van der Waals surface area contributed by atoms with Gasteiger partial charge >= 0.3 is 0 Å². The van der Waals surface area contributed by atoms with Gasteiger partial charge in [-0.2, -0.15) is 0 Å². The Hall–Kier alpha value is -1.91. The Morgan fingerprint density at radius 3 is 2.44 bits per heavy atom. The largest absolute Gasteiger partial charge is 0.358 e. The number of quaternary nitrogens is 1. The van der Waals surface area contributed by atoms with Crippen molar-refractivity contribution in [3.8, 4) is 0 Å². The van der Waals surface area contributed by atoms with E-state index in [-0.39, 0.29) is 0 Å². The maximum absolute atomic E-state index is 5.47. The molecule has 0 spiro atoms. The van der Waals surface area contributed by atoms with E-state index in [1.165, 1.54) is 48.2 Å². The Morgan fingerprint density at radius 1 is 1.00 bits per heavy atom. The van der Waals surface area contributed by atoms with Gasteiger partial charge in [0.15, 0.2) is 5.11 Å². The average molecular weight is 355 g/mol. The number of anilines is 1. The first kappa shape index (κ1) is 17.9. The summed E-state index contributed by atoms with van der Waals surface area (Å²) >= 11 is 5.47. The lowest BCUT2D eigenvalue weighted by Crippen LogP contribution is -3.08. The first-order valence-electron chi connectivity index (χ1n) is 9.14. The first-order chi connectivity index (χ1) is 12.1. The zero-order valence-electron chi connectivity index (χ0n) is 15.2. The van der Waals surface area contributed by atoms with Crippen LogP contribution in [-0.4, -0.2) is 18.2 Å². The molecule has 0 amide bonds. The van der Waals surface area contributed by atoms with E-state index in [4.69, 9.17) is 12.2 Å². The topological polar surface area (TPSA) is 28.5 Å². The number of benzene rings is 2. The summed E-state index contributed by atoms with van der Waals surface area (Å²) < 4.78 is 0. The third-order valence-corrected chi connectivity index (χ3v) is 5.32. The third-order valence-electron chi connectivity index (χ3n) is 5.07. The van der Waals surface area contributed by atoms with Crippen molar-refractivity contribution in [2.24, 2.45) is 0 Å². The molecule has 0 atom stereocenters. The summed E-state index contributed by atoms with van der Waals surface area (Å²) in [6.45, 7) is 8.72. The van der Waals surface area contributed by atoms with Crippen molar-refractivity contribution in [2.75, 3.05) is 18.4 Å². The second-order valence-electron chi connectivity index (χ2n) is 7.01. The van der Waals surface area contributed by atoms with E-state index in [0.29, 0.717) is 5.11 Å². The molecule has 4 heteroatoms. The SMILES string of the molecule is Cc1ccc(NC(=S)NCc2ccccc2C[NH+]2CCCC2)cc1C. The monoisotopic (exact) mass is 354 g/mol. The minimum atomic E-state index is 0.673. The number of hydrogen-bond acceptors (Lipinski definition) is 1. The van der Waals surface area contributed by atoms with Crippen LogP contribution in [-0.2, 0) is 13.1 Å². The summed E-state index contributed by atoms with van der Waals surface area (Å²) in [5.74, 6) is 0. The Labute approximate surface area is 156 Å². The Kier molecular flexibility index (Phi) is 6.05. The lowest BCUT2D eigenvalue weighted by atomic mass is 10.1. The molecule has 132 valence electrons. The molecule has 1 heterocycles. The highest BCUT2D eigenvalue weighted by atomic mass is 32.1. The zero-order chi connectivity index (χ0) is 17.6. The molecule has 1 aliphatic heterocycles. The van der Waals surface area contributed by atoms with Crippen LogP contribution in [0.5, 0.6) is 0 Å². The fraction of sp³-hybridized carbons (Fsp3) is 0.381. The van der Waals surface area contributed by atoms with E-state index in [9.17, 15) is 0 Å². The van der Waals surface area contributed by atoms with Gasteiger partial charge in [-0.1, -0.05) is 30.3 Å². The number of aryl methyl sites for hydroxylation is 2. The summed E-state index contributed by atoms with van der Waals surface area (Å²) in [5.41, 5.74) is 6.37. The van der Waals surface area contributed by atoms with E-state index in [0.717, 1.165) is 18.8 Å². The summed E-state index contributed by atoms with van der Waals surface area (Å²) in [7, 11) is 0. The van der Waals surface area contributed by atoms with Crippen LogP contribution in [0.25, 0.3) is 0 Å². The van der Waals surface area contributed by atoms with Crippen LogP contribution in [0.1, 0.15) is 35.1 Å². The van der Waals surface area contributed by atoms with E-state index in [2.05, 4.69) is 66.9 Å². The summed E-state index contributed by atoms with van der Waals surface area (Å²) in [6, 6.07) is 15.0. The molecule has 3 rings (SSSR count). The van der Waals surface area contributed by atoms with Gasteiger partial charge in [-0.15, -0.1) is 0 Å². The van der Waals surface area contributed by atoms with Crippen molar-refractivity contribution in [2.45, 2.75) is 39.8 Å². The van der Waals surface area contributed by atoms with Crippen molar-refractivity contribution in [3.05, 3.63) is 64.7 Å². The Bertz CT molecular complexity index is 736. The standard InChI is InChI=1S/C21H27N3S/c1-16-9-10-20(13-17(16)2)23-21(25)22-14-18-7-3-4-8-19(18)15-24-11-5-6-12-24/h3-4,7-10,13H,5-6,11-12,14-15H2,1-2H3,(H2,22,23,25)/p+1. The minimum absolute atomic E-state index is 0.673. The van der Waals surface area contributed by atoms with E-state index in [1.807, 2.05) is 0 Å². The van der Waals surface area contributed by atoms with Gasteiger partial charge in [-0.3, -0.25) is 0 Å². The van der Waals surface area contributed by atoms with Crippen molar-refractivity contribution >= 4 is 23.0 Å². The summed E-state index contributed by atoms with van der Waals surface area (Å²) in [5, 5.41) is 7.32. The van der Waals surface area contributed by atoms with Gasteiger partial charge in [-0.25, -0.2) is 0 Å². The summed E-state index contributed by atoms with van der Waals surface area (Å²) in [4.78, 5) is 1.70. The van der Waals surface area contributed by atoms with E-state index in [1.54, 1.807) is 4.90 Å². The van der Waals surface area contributed by atoms with Gasteiger partial charge in [0.1, 0.15) is 6.54 Å². The predicted octanol–water partition coefficient (Wildman–Crippen LogP) is 2.97. The quantitative estimate of drug-likeness (QED) is 0.721.